The van der Waals surface area contributed by atoms with E-state index in [-0.39, 0.29) is 12.1 Å². The van der Waals surface area contributed by atoms with E-state index in [0.29, 0.717) is 17.9 Å². The molecule has 7 nitrogen and oxygen atoms in total. The van der Waals surface area contributed by atoms with Crippen LogP contribution in [-0.2, 0) is 4.74 Å². The zero-order chi connectivity index (χ0) is 13.1. The maximum atomic E-state index is 5.12. The van der Waals surface area contributed by atoms with Crippen molar-refractivity contribution in [3.05, 3.63) is 6.33 Å². The summed E-state index contributed by atoms with van der Waals surface area (Å²) in [6, 6.07) is 0.367. The lowest BCUT2D eigenvalue weighted by Crippen LogP contribution is -2.14. The van der Waals surface area contributed by atoms with Crippen molar-refractivity contribution >= 4 is 17.0 Å². The summed E-state index contributed by atoms with van der Waals surface area (Å²) in [5.41, 5.74) is 1.41. The minimum absolute atomic E-state index is 0.0850. The van der Waals surface area contributed by atoms with Gasteiger partial charge in [-0.05, 0) is 20.8 Å². The Bertz CT molecular complexity index is 523. The second-order valence-corrected chi connectivity index (χ2v) is 4.53. The molecular formula is C11H18N6O. The first-order valence-electron chi connectivity index (χ1n) is 5.94. The third-order valence-electron chi connectivity index (χ3n) is 2.51. The highest BCUT2D eigenvalue weighted by molar-refractivity contribution is 5.81. The maximum absolute atomic E-state index is 5.12. The van der Waals surface area contributed by atoms with E-state index in [1.165, 1.54) is 6.33 Å². The van der Waals surface area contributed by atoms with Crippen molar-refractivity contribution in [3.8, 4) is 0 Å². The van der Waals surface area contributed by atoms with Gasteiger partial charge in [0.15, 0.2) is 17.0 Å². The number of methoxy groups -OCH3 is 1. The molecule has 0 aromatic carbocycles. The Morgan fingerprint density at radius 3 is 2.78 bits per heavy atom. The van der Waals surface area contributed by atoms with E-state index in [2.05, 4.69) is 25.6 Å². The molecule has 0 saturated carbocycles. The number of anilines is 1. The van der Waals surface area contributed by atoms with Crippen LogP contribution in [0.5, 0.6) is 0 Å². The van der Waals surface area contributed by atoms with Crippen molar-refractivity contribution in [1.82, 2.24) is 25.0 Å². The molecule has 0 aliphatic carbocycles. The van der Waals surface area contributed by atoms with E-state index >= 15 is 0 Å². The van der Waals surface area contributed by atoms with Crippen molar-refractivity contribution in [2.45, 2.75) is 32.9 Å². The molecule has 2 aromatic rings. The topological polar surface area (TPSA) is 77.8 Å². The summed E-state index contributed by atoms with van der Waals surface area (Å²) < 4.78 is 6.88. The maximum Gasteiger partial charge on any atom is 0.184 e. The van der Waals surface area contributed by atoms with Gasteiger partial charge in [0.05, 0.1) is 12.6 Å². The van der Waals surface area contributed by atoms with Gasteiger partial charge in [0.25, 0.3) is 0 Å². The fourth-order valence-corrected chi connectivity index (χ4v) is 1.75. The molecule has 0 saturated heterocycles. The molecule has 0 spiro atoms. The number of aromatic nitrogens is 5. The fourth-order valence-electron chi connectivity index (χ4n) is 1.75. The summed E-state index contributed by atoms with van der Waals surface area (Å²) in [7, 11) is 1.66. The zero-order valence-electron chi connectivity index (χ0n) is 11.1. The molecule has 7 heteroatoms. The van der Waals surface area contributed by atoms with Crippen molar-refractivity contribution in [3.63, 3.8) is 0 Å². The van der Waals surface area contributed by atoms with Crippen LogP contribution >= 0.6 is 0 Å². The molecule has 0 aliphatic heterocycles. The van der Waals surface area contributed by atoms with Crippen LogP contribution in [-0.4, -0.2) is 44.7 Å². The lowest BCUT2D eigenvalue weighted by atomic mass is 10.3. The van der Waals surface area contributed by atoms with Gasteiger partial charge >= 0.3 is 0 Å². The van der Waals surface area contributed by atoms with Gasteiger partial charge < -0.3 is 10.1 Å². The second kappa shape index (κ2) is 5.26. The number of ether oxygens (including phenoxy) is 1. The summed E-state index contributed by atoms with van der Waals surface area (Å²) in [6.07, 6.45) is 1.52. The van der Waals surface area contributed by atoms with Gasteiger partial charge in [-0.25, -0.2) is 14.6 Å². The Kier molecular flexibility index (Phi) is 3.71. The summed E-state index contributed by atoms with van der Waals surface area (Å²) in [5, 5.41) is 11.5. The van der Waals surface area contributed by atoms with Gasteiger partial charge in [0.2, 0.25) is 0 Å². The normalized spacial score (nSPS) is 13.2. The molecule has 1 atom stereocenters. The highest BCUT2D eigenvalue weighted by Gasteiger charge is 2.15. The Balaban J connectivity index is 2.41. The minimum atomic E-state index is 0.0850. The molecule has 2 aromatic heterocycles. The molecule has 18 heavy (non-hydrogen) atoms. The van der Waals surface area contributed by atoms with Gasteiger partial charge in [0.1, 0.15) is 6.33 Å². The molecule has 1 unspecified atom stereocenters. The Morgan fingerprint density at radius 1 is 1.33 bits per heavy atom. The lowest BCUT2D eigenvalue weighted by molar-refractivity contribution is 0.157. The van der Waals surface area contributed by atoms with Crippen LogP contribution in [0.4, 0.5) is 5.82 Å². The molecule has 0 fully saturated rings. The first kappa shape index (κ1) is 12.7. The van der Waals surface area contributed by atoms with Crippen molar-refractivity contribution in [2.24, 2.45) is 0 Å². The average Bonchev–Trinajstić information content (AvgIpc) is 2.73. The molecule has 0 aliphatic rings. The monoisotopic (exact) mass is 250 g/mol. The van der Waals surface area contributed by atoms with Crippen LogP contribution in [0.25, 0.3) is 11.2 Å². The van der Waals surface area contributed by atoms with Crippen molar-refractivity contribution < 1.29 is 4.74 Å². The van der Waals surface area contributed by atoms with E-state index in [9.17, 15) is 0 Å². The number of nitrogens with zero attached hydrogens (tertiary/aromatic N) is 5. The third-order valence-corrected chi connectivity index (χ3v) is 2.51. The Morgan fingerprint density at radius 2 is 2.11 bits per heavy atom. The standard InChI is InChI=1S/C11H18N6O/c1-7(2)14-10-9-11(13-6-12-10)17(16-15-9)8(3)5-18-4/h6-8H,5H2,1-4H3,(H,12,13,14). The SMILES string of the molecule is COCC(C)n1nnc2c(NC(C)C)ncnc21. The molecule has 0 amide bonds. The number of nitrogens with one attached hydrogen (secondary N) is 1. The minimum Gasteiger partial charge on any atom is -0.382 e. The number of fused-ring (bicyclic) bond motifs is 1. The van der Waals surface area contributed by atoms with E-state index in [4.69, 9.17) is 4.74 Å². The van der Waals surface area contributed by atoms with Crippen molar-refractivity contribution in [1.29, 1.82) is 0 Å². The fraction of sp³-hybridized carbons (Fsp3) is 0.636. The predicted octanol–water partition coefficient (Wildman–Crippen LogP) is 1.25. The van der Waals surface area contributed by atoms with Gasteiger partial charge in [0, 0.05) is 13.2 Å². The van der Waals surface area contributed by atoms with Crippen LogP contribution in [0.1, 0.15) is 26.8 Å². The first-order valence-corrected chi connectivity index (χ1v) is 5.94. The molecule has 2 rings (SSSR count). The predicted molar refractivity (Wildman–Crippen MR) is 68.5 cm³/mol. The number of hydrogen-bond donors (Lipinski definition) is 1. The highest BCUT2D eigenvalue weighted by atomic mass is 16.5. The lowest BCUT2D eigenvalue weighted by Gasteiger charge is -2.11. The highest BCUT2D eigenvalue weighted by Crippen LogP contribution is 2.19. The molecule has 2 heterocycles. The van der Waals surface area contributed by atoms with Crippen LogP contribution in [0.3, 0.4) is 0 Å². The van der Waals surface area contributed by atoms with Gasteiger partial charge in [-0.2, -0.15) is 0 Å². The van der Waals surface area contributed by atoms with Crippen LogP contribution in [0, 0.1) is 0 Å². The van der Waals surface area contributed by atoms with E-state index < -0.39 is 0 Å². The number of rotatable bonds is 5. The Labute approximate surface area is 106 Å². The summed E-state index contributed by atoms with van der Waals surface area (Å²) in [6.45, 7) is 6.67. The number of hydrogen-bond acceptors (Lipinski definition) is 6. The molecule has 0 radical (unpaired) electrons. The second-order valence-electron chi connectivity index (χ2n) is 4.53. The summed E-state index contributed by atoms with van der Waals surface area (Å²) in [5.74, 6) is 0.714. The Hall–Kier alpha value is -1.76. The van der Waals surface area contributed by atoms with Gasteiger partial charge in [-0.3, -0.25) is 0 Å². The molecule has 0 bridgehead atoms. The van der Waals surface area contributed by atoms with Crippen molar-refractivity contribution in [2.75, 3.05) is 19.0 Å². The molecule has 1 N–H and O–H groups in total. The van der Waals surface area contributed by atoms with Gasteiger partial charge in [-0.15, -0.1) is 5.10 Å². The van der Waals surface area contributed by atoms with Gasteiger partial charge in [-0.1, -0.05) is 5.21 Å². The van der Waals surface area contributed by atoms with Crippen LogP contribution < -0.4 is 5.32 Å². The molecule has 98 valence electrons. The van der Waals surface area contributed by atoms with Crippen LogP contribution in [0.2, 0.25) is 0 Å². The third kappa shape index (κ3) is 2.40. The van der Waals surface area contributed by atoms with E-state index in [0.717, 1.165) is 5.65 Å². The largest absolute Gasteiger partial charge is 0.382 e. The van der Waals surface area contributed by atoms with E-state index in [1.54, 1.807) is 11.8 Å². The quantitative estimate of drug-likeness (QED) is 0.860. The zero-order valence-corrected chi connectivity index (χ0v) is 11.1. The summed E-state index contributed by atoms with van der Waals surface area (Å²) >= 11 is 0. The molecular weight excluding hydrogens is 232 g/mol. The van der Waals surface area contributed by atoms with Crippen LogP contribution in [0.15, 0.2) is 6.33 Å². The average molecular weight is 250 g/mol. The first-order chi connectivity index (χ1) is 8.63. The van der Waals surface area contributed by atoms with E-state index in [1.807, 2.05) is 20.8 Å². The summed E-state index contributed by atoms with van der Waals surface area (Å²) in [4.78, 5) is 8.44. The smallest absolute Gasteiger partial charge is 0.184 e.